The summed E-state index contributed by atoms with van der Waals surface area (Å²) in [6, 6.07) is 8.39. The van der Waals surface area contributed by atoms with Crippen molar-refractivity contribution in [2.45, 2.75) is 26.3 Å². The Morgan fingerprint density at radius 1 is 1.06 bits per heavy atom. The first-order valence-corrected chi connectivity index (χ1v) is 11.2. The molecular weight excluding hydrogens is 439 g/mol. The number of rotatable bonds is 7. The fraction of sp³-hybridized carbons (Fsp3) is 0.417. The van der Waals surface area contributed by atoms with Crippen LogP contribution < -0.4 is 14.4 Å². The number of amides is 1. The normalized spacial score (nSPS) is 13.9. The van der Waals surface area contributed by atoms with Crippen molar-refractivity contribution in [1.29, 1.82) is 0 Å². The first-order valence-electron chi connectivity index (χ1n) is 11.2. The molecule has 10 heteroatoms. The minimum absolute atomic E-state index is 0.00755. The number of hydrogen-bond acceptors (Lipinski definition) is 7. The Balaban J connectivity index is 1.45. The van der Waals surface area contributed by atoms with Gasteiger partial charge in [-0.3, -0.25) is 9.48 Å². The summed E-state index contributed by atoms with van der Waals surface area (Å²) in [6.45, 7) is 6.78. The molecule has 3 aromatic rings. The van der Waals surface area contributed by atoms with Gasteiger partial charge in [0.1, 0.15) is 18.7 Å². The molecule has 0 radical (unpaired) electrons. The second-order valence-electron chi connectivity index (χ2n) is 8.40. The molecule has 0 saturated carbocycles. The van der Waals surface area contributed by atoms with Crippen molar-refractivity contribution >= 4 is 11.7 Å². The maximum atomic E-state index is 13.8. The van der Waals surface area contributed by atoms with Crippen molar-refractivity contribution in [2.75, 3.05) is 45.3 Å². The third-order valence-electron chi connectivity index (χ3n) is 5.93. The van der Waals surface area contributed by atoms with Crippen molar-refractivity contribution in [3.05, 3.63) is 48.2 Å². The van der Waals surface area contributed by atoms with Crippen molar-refractivity contribution < 1.29 is 18.7 Å². The zero-order valence-electron chi connectivity index (χ0n) is 19.9. The molecule has 0 aliphatic carbocycles. The van der Waals surface area contributed by atoms with Crippen LogP contribution in [0.2, 0.25) is 0 Å². The van der Waals surface area contributed by atoms with Gasteiger partial charge >= 0.3 is 0 Å². The third-order valence-corrected chi connectivity index (χ3v) is 5.93. The van der Waals surface area contributed by atoms with E-state index in [1.807, 2.05) is 11.0 Å². The third kappa shape index (κ3) is 4.95. The van der Waals surface area contributed by atoms with Gasteiger partial charge in [-0.1, -0.05) is 13.8 Å². The highest BCUT2D eigenvalue weighted by Crippen LogP contribution is 2.28. The molecule has 1 aliphatic heterocycles. The van der Waals surface area contributed by atoms with Gasteiger partial charge < -0.3 is 19.3 Å². The quantitative estimate of drug-likeness (QED) is 0.527. The summed E-state index contributed by atoms with van der Waals surface area (Å²) in [5, 5.41) is 4.67. The van der Waals surface area contributed by atoms with E-state index in [-0.39, 0.29) is 24.1 Å². The molecule has 180 valence electrons. The zero-order chi connectivity index (χ0) is 24.2. The minimum Gasteiger partial charge on any atom is -0.494 e. The Hall–Kier alpha value is -3.69. The topological polar surface area (TPSA) is 85.6 Å². The maximum absolute atomic E-state index is 13.8. The average Bonchev–Trinajstić information content (AvgIpc) is 3.28. The largest absolute Gasteiger partial charge is 0.494 e. The SMILES string of the molecule is COc1cc(N2CCN(C(=O)Cn3nc(-c4ccc(F)c(OC)c4)cc3C(C)C)CC2)ncn1. The summed E-state index contributed by atoms with van der Waals surface area (Å²) in [4.78, 5) is 25.4. The molecule has 3 heterocycles. The number of aromatic nitrogens is 4. The lowest BCUT2D eigenvalue weighted by atomic mass is 10.1. The van der Waals surface area contributed by atoms with Crippen LogP contribution in [0.5, 0.6) is 11.6 Å². The lowest BCUT2D eigenvalue weighted by Gasteiger charge is -2.35. The Morgan fingerprint density at radius 3 is 2.50 bits per heavy atom. The molecule has 9 nitrogen and oxygen atoms in total. The van der Waals surface area contributed by atoms with E-state index in [4.69, 9.17) is 9.47 Å². The Morgan fingerprint density at radius 2 is 1.82 bits per heavy atom. The monoisotopic (exact) mass is 468 g/mol. The Kier molecular flexibility index (Phi) is 6.95. The number of carbonyl (C=O) groups excluding carboxylic acids is 1. The van der Waals surface area contributed by atoms with Crippen LogP contribution in [-0.4, -0.2) is 71.0 Å². The van der Waals surface area contributed by atoms with Crippen LogP contribution in [-0.2, 0) is 11.3 Å². The van der Waals surface area contributed by atoms with E-state index < -0.39 is 5.82 Å². The number of piperazine rings is 1. The molecule has 1 aliphatic rings. The second kappa shape index (κ2) is 10.1. The van der Waals surface area contributed by atoms with E-state index in [1.54, 1.807) is 30.0 Å². The Bertz CT molecular complexity index is 1160. The summed E-state index contributed by atoms with van der Waals surface area (Å²) >= 11 is 0. The smallest absolute Gasteiger partial charge is 0.244 e. The van der Waals surface area contributed by atoms with Crippen LogP contribution >= 0.6 is 0 Å². The molecule has 1 fully saturated rings. The summed E-state index contributed by atoms with van der Waals surface area (Å²) in [5.74, 6) is 1.21. The lowest BCUT2D eigenvalue weighted by molar-refractivity contribution is -0.132. The number of nitrogens with zero attached hydrogens (tertiary/aromatic N) is 6. The predicted molar refractivity (Wildman–Crippen MR) is 126 cm³/mol. The van der Waals surface area contributed by atoms with Gasteiger partial charge in [-0.2, -0.15) is 5.10 Å². The van der Waals surface area contributed by atoms with Crippen LogP contribution in [0.4, 0.5) is 10.2 Å². The lowest BCUT2D eigenvalue weighted by Crippen LogP contribution is -2.50. The molecule has 1 amide bonds. The molecule has 0 N–H and O–H groups in total. The number of methoxy groups -OCH3 is 2. The van der Waals surface area contributed by atoms with Crippen LogP contribution in [0, 0.1) is 5.82 Å². The number of benzene rings is 1. The standard InChI is InChI=1S/C24H29FN6O3/c1-16(2)20-12-19(17-5-6-18(25)21(11-17)33-3)28-31(20)14-24(32)30-9-7-29(8-10-30)22-13-23(34-4)27-15-26-22/h5-6,11-13,15-16H,7-10,14H2,1-4H3. The van der Waals surface area contributed by atoms with Gasteiger partial charge in [0.15, 0.2) is 11.6 Å². The van der Waals surface area contributed by atoms with Gasteiger partial charge in [0.25, 0.3) is 0 Å². The van der Waals surface area contributed by atoms with E-state index in [1.165, 1.54) is 19.5 Å². The molecule has 2 aromatic heterocycles. The molecule has 0 spiro atoms. The zero-order valence-corrected chi connectivity index (χ0v) is 19.9. The first-order chi connectivity index (χ1) is 16.4. The summed E-state index contributed by atoms with van der Waals surface area (Å²) < 4.78 is 25.9. The highest BCUT2D eigenvalue weighted by Gasteiger charge is 2.24. The van der Waals surface area contributed by atoms with Crippen molar-refractivity contribution in [3.63, 3.8) is 0 Å². The number of anilines is 1. The highest BCUT2D eigenvalue weighted by molar-refractivity contribution is 5.76. The minimum atomic E-state index is -0.426. The van der Waals surface area contributed by atoms with Crippen LogP contribution in [0.1, 0.15) is 25.5 Å². The Labute approximate surface area is 198 Å². The average molecular weight is 469 g/mol. The van der Waals surface area contributed by atoms with E-state index in [2.05, 4.69) is 33.8 Å². The molecule has 1 aromatic carbocycles. The summed E-state index contributed by atoms with van der Waals surface area (Å²) in [6.07, 6.45) is 1.48. The van der Waals surface area contributed by atoms with Crippen LogP contribution in [0.3, 0.4) is 0 Å². The van der Waals surface area contributed by atoms with Gasteiger partial charge in [0.2, 0.25) is 11.8 Å². The first kappa shape index (κ1) is 23.5. The molecular formula is C24H29FN6O3. The molecule has 0 atom stereocenters. The van der Waals surface area contributed by atoms with Gasteiger partial charge in [-0.05, 0) is 30.2 Å². The number of hydrogen-bond donors (Lipinski definition) is 0. The fourth-order valence-corrected chi connectivity index (χ4v) is 4.01. The molecule has 4 rings (SSSR count). The van der Waals surface area contributed by atoms with E-state index in [9.17, 15) is 9.18 Å². The summed E-state index contributed by atoms with van der Waals surface area (Å²) in [7, 11) is 3.00. The number of ether oxygens (including phenoxy) is 2. The van der Waals surface area contributed by atoms with E-state index in [0.717, 1.165) is 17.1 Å². The highest BCUT2D eigenvalue weighted by atomic mass is 19.1. The number of carbonyl (C=O) groups is 1. The predicted octanol–water partition coefficient (Wildman–Crippen LogP) is 2.97. The number of halogens is 1. The van der Waals surface area contributed by atoms with E-state index >= 15 is 0 Å². The molecule has 34 heavy (non-hydrogen) atoms. The molecule has 1 saturated heterocycles. The second-order valence-corrected chi connectivity index (χ2v) is 8.40. The molecule has 0 bridgehead atoms. The van der Waals surface area contributed by atoms with Gasteiger partial charge in [-0.25, -0.2) is 14.4 Å². The van der Waals surface area contributed by atoms with E-state index in [0.29, 0.717) is 37.8 Å². The van der Waals surface area contributed by atoms with Gasteiger partial charge in [-0.15, -0.1) is 0 Å². The van der Waals surface area contributed by atoms with Gasteiger partial charge in [0.05, 0.1) is 19.9 Å². The van der Waals surface area contributed by atoms with Crippen molar-refractivity contribution in [2.24, 2.45) is 0 Å². The van der Waals surface area contributed by atoms with Crippen LogP contribution in [0.25, 0.3) is 11.3 Å². The van der Waals surface area contributed by atoms with Gasteiger partial charge in [0, 0.05) is 43.5 Å². The van der Waals surface area contributed by atoms with Crippen LogP contribution in [0.15, 0.2) is 36.7 Å². The maximum Gasteiger partial charge on any atom is 0.244 e. The molecule has 0 unspecified atom stereocenters. The van der Waals surface area contributed by atoms with Crippen molar-refractivity contribution in [3.8, 4) is 22.9 Å². The fourth-order valence-electron chi connectivity index (χ4n) is 4.01. The summed E-state index contributed by atoms with van der Waals surface area (Å²) in [5.41, 5.74) is 2.36. The van der Waals surface area contributed by atoms with Crippen molar-refractivity contribution in [1.82, 2.24) is 24.6 Å².